The molecule has 3 nitrogen and oxygen atoms in total. The van der Waals surface area contributed by atoms with Gasteiger partial charge in [0.05, 0.1) is 5.56 Å². The second-order valence-electron chi connectivity index (χ2n) is 4.45. The van der Waals surface area contributed by atoms with Crippen molar-refractivity contribution in [2.75, 3.05) is 20.2 Å². The fourth-order valence-corrected chi connectivity index (χ4v) is 2.35. The van der Waals surface area contributed by atoms with Gasteiger partial charge in [0.15, 0.2) is 0 Å². The predicted octanol–water partition coefficient (Wildman–Crippen LogP) is 2.83. The molecule has 1 aromatic rings. The topological polar surface area (TPSA) is 40.5 Å². The monoisotopic (exact) mass is 361 g/mol. The average molecular weight is 361 g/mol. The molecular weight excluding hydrogens is 341 g/mol. The molecule has 1 aromatic carbocycles. The van der Waals surface area contributed by atoms with E-state index >= 15 is 0 Å². The summed E-state index contributed by atoms with van der Waals surface area (Å²) in [5.41, 5.74) is 1.91. The fourth-order valence-electron chi connectivity index (χ4n) is 1.76. The van der Waals surface area contributed by atoms with Crippen molar-refractivity contribution >= 4 is 28.5 Å². The first-order valence-corrected chi connectivity index (χ1v) is 7.27. The maximum Gasteiger partial charge on any atom is 0.254 e. The molecule has 0 saturated heterocycles. The van der Waals surface area contributed by atoms with E-state index in [9.17, 15) is 4.79 Å². The Hall–Kier alpha value is -0.620. The van der Waals surface area contributed by atoms with Gasteiger partial charge in [-0.3, -0.25) is 4.79 Å². The molecule has 4 heteroatoms. The van der Waals surface area contributed by atoms with Gasteiger partial charge in [-0.05, 0) is 60.4 Å². The number of aliphatic hydroxyl groups is 1. The summed E-state index contributed by atoms with van der Waals surface area (Å²) >= 11 is 2.22. The van der Waals surface area contributed by atoms with Crippen LogP contribution in [0.3, 0.4) is 0 Å². The van der Waals surface area contributed by atoms with Crippen molar-refractivity contribution < 1.29 is 9.90 Å². The van der Waals surface area contributed by atoms with Crippen molar-refractivity contribution in [2.45, 2.75) is 26.2 Å². The van der Waals surface area contributed by atoms with Gasteiger partial charge in [-0.2, -0.15) is 0 Å². The molecule has 1 amide bonds. The van der Waals surface area contributed by atoms with Crippen molar-refractivity contribution in [1.29, 1.82) is 0 Å². The highest BCUT2D eigenvalue weighted by atomic mass is 127. The van der Waals surface area contributed by atoms with E-state index in [1.807, 2.05) is 32.2 Å². The van der Waals surface area contributed by atoms with Crippen LogP contribution in [-0.4, -0.2) is 36.1 Å². The highest BCUT2D eigenvalue weighted by Crippen LogP contribution is 2.18. The number of rotatable bonds is 6. The Morgan fingerprint density at radius 2 is 2.06 bits per heavy atom. The number of hydrogen-bond acceptors (Lipinski definition) is 2. The summed E-state index contributed by atoms with van der Waals surface area (Å²) in [6, 6.07) is 5.81. The molecule has 0 aliphatic rings. The minimum atomic E-state index is 0.0760. The van der Waals surface area contributed by atoms with Crippen molar-refractivity contribution in [3.05, 3.63) is 32.9 Å². The summed E-state index contributed by atoms with van der Waals surface area (Å²) in [4.78, 5) is 14.0. The van der Waals surface area contributed by atoms with Crippen LogP contribution < -0.4 is 0 Å². The normalized spacial score (nSPS) is 10.4. The molecule has 0 bridgehead atoms. The van der Waals surface area contributed by atoms with E-state index in [2.05, 4.69) is 22.6 Å². The molecule has 0 aliphatic heterocycles. The molecule has 0 heterocycles. The molecule has 0 fully saturated rings. The summed E-state index contributed by atoms with van der Waals surface area (Å²) in [6.07, 6.45) is 2.70. The highest BCUT2D eigenvalue weighted by Gasteiger charge is 2.15. The van der Waals surface area contributed by atoms with Crippen LogP contribution in [0, 0.1) is 10.5 Å². The summed E-state index contributed by atoms with van der Waals surface area (Å²) in [7, 11) is 1.83. The van der Waals surface area contributed by atoms with Crippen molar-refractivity contribution in [3.8, 4) is 0 Å². The average Bonchev–Trinajstić information content (AvgIpc) is 2.37. The molecule has 18 heavy (non-hydrogen) atoms. The second-order valence-corrected chi connectivity index (χ2v) is 5.53. The quantitative estimate of drug-likeness (QED) is 0.625. The third kappa shape index (κ3) is 4.24. The largest absolute Gasteiger partial charge is 0.396 e. The first-order chi connectivity index (χ1) is 8.57. The minimum Gasteiger partial charge on any atom is -0.396 e. The summed E-state index contributed by atoms with van der Waals surface area (Å²) in [6.45, 7) is 2.98. The van der Waals surface area contributed by atoms with Gasteiger partial charge in [-0.15, -0.1) is 0 Å². The van der Waals surface area contributed by atoms with Crippen LogP contribution in [0.25, 0.3) is 0 Å². The Balaban J connectivity index is 2.60. The summed E-state index contributed by atoms with van der Waals surface area (Å²) in [5.74, 6) is 0.0760. The predicted molar refractivity (Wildman–Crippen MR) is 81.8 cm³/mol. The standard InChI is InChI=1S/C14H20INO2/c1-11-7-6-8-12(13(11)15)14(18)16(2)9-4-3-5-10-17/h6-8,17H,3-5,9-10H2,1-2H3. The lowest BCUT2D eigenvalue weighted by Crippen LogP contribution is -2.28. The van der Waals surface area contributed by atoms with Crippen LogP contribution in [0.4, 0.5) is 0 Å². The Morgan fingerprint density at radius 1 is 1.33 bits per heavy atom. The van der Waals surface area contributed by atoms with E-state index in [-0.39, 0.29) is 12.5 Å². The van der Waals surface area contributed by atoms with Crippen molar-refractivity contribution in [2.24, 2.45) is 0 Å². The number of nitrogens with zero attached hydrogens (tertiary/aromatic N) is 1. The van der Waals surface area contributed by atoms with Crippen molar-refractivity contribution in [1.82, 2.24) is 4.90 Å². The Kier molecular flexibility index (Phi) is 6.63. The lowest BCUT2D eigenvalue weighted by Gasteiger charge is -2.18. The van der Waals surface area contributed by atoms with E-state index < -0.39 is 0 Å². The zero-order chi connectivity index (χ0) is 13.5. The van der Waals surface area contributed by atoms with E-state index in [0.717, 1.165) is 40.5 Å². The number of halogens is 1. The molecule has 0 aromatic heterocycles. The number of carbonyl (C=O) groups excluding carboxylic acids is 1. The molecule has 0 radical (unpaired) electrons. The Morgan fingerprint density at radius 3 is 2.72 bits per heavy atom. The number of unbranched alkanes of at least 4 members (excludes halogenated alkanes) is 2. The van der Waals surface area contributed by atoms with Gasteiger partial charge < -0.3 is 10.0 Å². The number of amides is 1. The minimum absolute atomic E-state index is 0.0760. The number of aryl methyl sites for hydroxylation is 1. The van der Waals surface area contributed by atoms with Crippen molar-refractivity contribution in [3.63, 3.8) is 0 Å². The second kappa shape index (κ2) is 7.74. The molecule has 0 aliphatic carbocycles. The smallest absolute Gasteiger partial charge is 0.254 e. The number of aliphatic hydroxyl groups excluding tert-OH is 1. The Bertz CT molecular complexity index is 407. The van der Waals surface area contributed by atoms with Crippen LogP contribution in [-0.2, 0) is 0 Å². The van der Waals surface area contributed by atoms with Gasteiger partial charge in [0.2, 0.25) is 0 Å². The fraction of sp³-hybridized carbons (Fsp3) is 0.500. The van der Waals surface area contributed by atoms with Gasteiger partial charge >= 0.3 is 0 Å². The lowest BCUT2D eigenvalue weighted by molar-refractivity contribution is 0.0791. The van der Waals surface area contributed by atoms with Gasteiger partial charge in [-0.25, -0.2) is 0 Å². The number of carbonyl (C=O) groups is 1. The van der Waals surface area contributed by atoms with Gasteiger partial charge in [0, 0.05) is 23.8 Å². The van der Waals surface area contributed by atoms with E-state index in [0.29, 0.717) is 0 Å². The maximum atomic E-state index is 12.3. The SMILES string of the molecule is Cc1cccc(C(=O)N(C)CCCCCO)c1I. The molecular formula is C14H20INO2. The summed E-state index contributed by atoms with van der Waals surface area (Å²) < 4.78 is 1.03. The van der Waals surface area contributed by atoms with Crippen LogP contribution >= 0.6 is 22.6 Å². The lowest BCUT2D eigenvalue weighted by atomic mass is 10.1. The van der Waals surface area contributed by atoms with Gasteiger partial charge in [0.1, 0.15) is 0 Å². The molecule has 0 saturated carbocycles. The third-order valence-corrected chi connectivity index (χ3v) is 4.35. The molecule has 0 spiro atoms. The molecule has 100 valence electrons. The van der Waals surface area contributed by atoms with E-state index in [1.54, 1.807) is 4.90 Å². The molecule has 0 atom stereocenters. The molecule has 0 unspecified atom stereocenters. The van der Waals surface area contributed by atoms with Crippen LogP contribution in [0.15, 0.2) is 18.2 Å². The van der Waals surface area contributed by atoms with Crippen LogP contribution in [0.1, 0.15) is 35.2 Å². The highest BCUT2D eigenvalue weighted by molar-refractivity contribution is 14.1. The summed E-state index contributed by atoms with van der Waals surface area (Å²) in [5, 5.41) is 8.70. The maximum absolute atomic E-state index is 12.3. The zero-order valence-corrected chi connectivity index (χ0v) is 13.1. The number of benzene rings is 1. The van der Waals surface area contributed by atoms with E-state index in [1.165, 1.54) is 0 Å². The third-order valence-electron chi connectivity index (χ3n) is 2.92. The van der Waals surface area contributed by atoms with Crippen LogP contribution in [0.2, 0.25) is 0 Å². The van der Waals surface area contributed by atoms with E-state index in [4.69, 9.17) is 5.11 Å². The zero-order valence-electron chi connectivity index (χ0n) is 10.9. The first kappa shape index (κ1) is 15.4. The van der Waals surface area contributed by atoms with Gasteiger partial charge in [-0.1, -0.05) is 12.1 Å². The molecule has 1 rings (SSSR count). The van der Waals surface area contributed by atoms with Crippen LogP contribution in [0.5, 0.6) is 0 Å². The first-order valence-electron chi connectivity index (χ1n) is 6.19. The molecule has 1 N–H and O–H groups in total. The number of hydrogen-bond donors (Lipinski definition) is 1. The Labute approximate surface area is 122 Å². The van der Waals surface area contributed by atoms with Gasteiger partial charge in [0.25, 0.3) is 5.91 Å².